The fourth-order valence-electron chi connectivity index (χ4n) is 3.92. The van der Waals surface area contributed by atoms with E-state index in [1.165, 1.54) is 0 Å². The van der Waals surface area contributed by atoms with Gasteiger partial charge in [0.15, 0.2) is 0 Å². The van der Waals surface area contributed by atoms with Crippen LogP contribution in [0.4, 0.5) is 11.4 Å². The maximum absolute atomic E-state index is 10.9. The summed E-state index contributed by atoms with van der Waals surface area (Å²) in [7, 11) is 0. The molecule has 8 nitrogen and oxygen atoms in total. The van der Waals surface area contributed by atoms with Crippen molar-refractivity contribution in [3.05, 3.63) is 83.9 Å². The summed E-state index contributed by atoms with van der Waals surface area (Å²) in [5, 5.41) is 31.8. The van der Waals surface area contributed by atoms with E-state index in [2.05, 4.69) is 50.3 Å². The molecule has 1 heterocycles. The van der Waals surface area contributed by atoms with Crippen LogP contribution >= 0.6 is 0 Å². The Kier molecular flexibility index (Phi) is 8.31. The molecule has 0 amide bonds. The Labute approximate surface area is 211 Å². The van der Waals surface area contributed by atoms with E-state index in [0.29, 0.717) is 24.5 Å². The number of nitrogens with zero attached hydrogens (tertiary/aromatic N) is 3. The zero-order valence-corrected chi connectivity index (χ0v) is 20.8. The summed E-state index contributed by atoms with van der Waals surface area (Å²) in [4.78, 5) is 0. The molecule has 0 aliphatic carbocycles. The normalized spacial score (nSPS) is 12.0. The van der Waals surface area contributed by atoms with Crippen LogP contribution in [0.5, 0.6) is 5.75 Å². The summed E-state index contributed by atoms with van der Waals surface area (Å²) in [6.45, 7) is 6.66. The second-order valence-corrected chi connectivity index (χ2v) is 8.47. The van der Waals surface area contributed by atoms with Gasteiger partial charge in [0.1, 0.15) is 5.75 Å². The van der Waals surface area contributed by atoms with E-state index in [9.17, 15) is 5.11 Å². The first kappa shape index (κ1) is 24.9. The number of tetrazole rings is 1. The van der Waals surface area contributed by atoms with Crippen molar-refractivity contribution in [3.8, 4) is 28.3 Å². The highest BCUT2D eigenvalue weighted by Gasteiger charge is 2.18. The molecule has 0 saturated heterocycles. The number of rotatable bonds is 11. The first-order valence-corrected chi connectivity index (χ1v) is 12.1. The molecule has 186 valence electrons. The van der Waals surface area contributed by atoms with Crippen LogP contribution in [0.3, 0.4) is 0 Å². The molecule has 0 saturated carbocycles. The molecular formula is C28H32N6O2. The molecule has 0 aliphatic heterocycles. The number of hydrogen-bond acceptors (Lipinski definition) is 7. The van der Waals surface area contributed by atoms with E-state index in [-0.39, 0.29) is 0 Å². The molecule has 3 aromatic carbocycles. The van der Waals surface area contributed by atoms with Gasteiger partial charge in [0.2, 0.25) is 12.2 Å². The van der Waals surface area contributed by atoms with Crippen molar-refractivity contribution in [2.24, 2.45) is 0 Å². The molecule has 4 rings (SSSR count). The van der Waals surface area contributed by atoms with Crippen LogP contribution in [0.1, 0.15) is 31.4 Å². The molecule has 0 spiro atoms. The number of aromatic amines is 1. The third kappa shape index (κ3) is 6.09. The number of aromatic nitrogens is 4. The second-order valence-electron chi connectivity index (χ2n) is 8.47. The van der Waals surface area contributed by atoms with Gasteiger partial charge in [-0.25, -0.2) is 0 Å². The lowest BCUT2D eigenvalue weighted by Gasteiger charge is -2.22. The standard InChI is InChI=1S/C28H32N6O2/c1-4-6-9-20-17-21(23-10-7-8-11-24(23)27-31-33-34-32-27)18-25(26(20)36-16-5-2)30-28(35)29-22-14-12-19(3)13-15-22/h4,6-8,10-15,17-18,28-30,35H,5,9,16H2,1-3H3,(H,31,32,33,34)/b6-4+. The first-order valence-electron chi connectivity index (χ1n) is 12.1. The van der Waals surface area contributed by atoms with Gasteiger partial charge < -0.3 is 20.5 Å². The number of aryl methyl sites for hydroxylation is 1. The van der Waals surface area contributed by atoms with Crippen LogP contribution in [-0.4, -0.2) is 38.7 Å². The molecule has 4 N–H and O–H groups in total. The van der Waals surface area contributed by atoms with Gasteiger partial charge in [0.05, 0.1) is 12.3 Å². The second kappa shape index (κ2) is 12.0. The predicted molar refractivity (Wildman–Crippen MR) is 144 cm³/mol. The summed E-state index contributed by atoms with van der Waals surface area (Å²) in [6.07, 6.45) is 4.63. The quantitative estimate of drug-likeness (QED) is 0.163. The van der Waals surface area contributed by atoms with Crippen LogP contribution in [0.25, 0.3) is 22.5 Å². The SMILES string of the molecule is C/C=C/Cc1cc(-c2ccccc2-c2nn[nH]n2)cc(NC(O)Nc2ccc(C)cc2)c1OCCC. The highest BCUT2D eigenvalue weighted by atomic mass is 16.5. The Balaban J connectivity index is 1.76. The first-order chi connectivity index (χ1) is 17.6. The average molecular weight is 485 g/mol. The van der Waals surface area contributed by atoms with Gasteiger partial charge in [-0.15, -0.1) is 10.2 Å². The fourth-order valence-corrected chi connectivity index (χ4v) is 3.92. The maximum atomic E-state index is 10.9. The van der Waals surface area contributed by atoms with E-state index in [1.807, 2.05) is 74.5 Å². The number of aliphatic hydroxyl groups excluding tert-OH is 1. The molecule has 1 aromatic heterocycles. The largest absolute Gasteiger partial charge is 0.491 e. The fraction of sp³-hybridized carbons (Fsp3) is 0.250. The Bertz CT molecular complexity index is 1290. The number of H-pyrrole nitrogens is 1. The third-order valence-corrected chi connectivity index (χ3v) is 5.66. The van der Waals surface area contributed by atoms with Crippen molar-refractivity contribution in [3.63, 3.8) is 0 Å². The van der Waals surface area contributed by atoms with Crippen LogP contribution in [0.15, 0.2) is 72.8 Å². The Morgan fingerprint density at radius 1 is 1.06 bits per heavy atom. The number of anilines is 2. The summed E-state index contributed by atoms with van der Waals surface area (Å²) < 4.78 is 6.20. The molecule has 8 heteroatoms. The number of ether oxygens (including phenoxy) is 1. The number of hydrogen-bond donors (Lipinski definition) is 4. The Hall–Kier alpha value is -4.17. The predicted octanol–water partition coefficient (Wildman–Crippen LogP) is 5.55. The zero-order valence-electron chi connectivity index (χ0n) is 20.8. The molecule has 1 unspecified atom stereocenters. The molecule has 4 aromatic rings. The van der Waals surface area contributed by atoms with Crippen LogP contribution < -0.4 is 15.4 Å². The molecule has 36 heavy (non-hydrogen) atoms. The van der Waals surface area contributed by atoms with E-state index in [0.717, 1.165) is 45.7 Å². The topological polar surface area (TPSA) is 108 Å². The summed E-state index contributed by atoms with van der Waals surface area (Å²) in [5.41, 5.74) is 6.41. The molecule has 0 radical (unpaired) electrons. The number of benzene rings is 3. The zero-order chi connectivity index (χ0) is 25.3. The number of aliphatic hydroxyl groups is 1. The summed E-state index contributed by atoms with van der Waals surface area (Å²) in [5.74, 6) is 1.24. The van der Waals surface area contributed by atoms with Crippen molar-refractivity contribution in [2.75, 3.05) is 17.2 Å². The van der Waals surface area contributed by atoms with Gasteiger partial charge in [0, 0.05) is 16.8 Å². The smallest absolute Gasteiger partial charge is 0.205 e. The summed E-state index contributed by atoms with van der Waals surface area (Å²) >= 11 is 0. The van der Waals surface area contributed by atoms with E-state index >= 15 is 0 Å². The number of nitrogens with one attached hydrogen (secondary N) is 3. The van der Waals surface area contributed by atoms with E-state index < -0.39 is 6.35 Å². The van der Waals surface area contributed by atoms with Gasteiger partial charge in [-0.05, 0) is 67.3 Å². The Morgan fingerprint density at radius 2 is 1.83 bits per heavy atom. The minimum Gasteiger partial charge on any atom is -0.491 e. The van der Waals surface area contributed by atoms with Crippen LogP contribution in [-0.2, 0) is 6.42 Å². The van der Waals surface area contributed by atoms with E-state index in [4.69, 9.17) is 4.74 Å². The van der Waals surface area contributed by atoms with Gasteiger partial charge in [-0.3, -0.25) is 0 Å². The van der Waals surface area contributed by atoms with Gasteiger partial charge >= 0.3 is 0 Å². The van der Waals surface area contributed by atoms with Crippen molar-refractivity contribution >= 4 is 11.4 Å². The van der Waals surface area contributed by atoms with Gasteiger partial charge in [-0.1, -0.05) is 61.0 Å². The molecule has 1 atom stereocenters. The van der Waals surface area contributed by atoms with E-state index in [1.54, 1.807) is 0 Å². The molecule has 0 aliphatic rings. The van der Waals surface area contributed by atoms with Gasteiger partial charge in [0.25, 0.3) is 0 Å². The Morgan fingerprint density at radius 3 is 2.53 bits per heavy atom. The minimum atomic E-state index is -1.03. The maximum Gasteiger partial charge on any atom is 0.205 e. The van der Waals surface area contributed by atoms with Crippen molar-refractivity contribution in [2.45, 2.75) is 40.0 Å². The highest BCUT2D eigenvalue weighted by Crippen LogP contribution is 2.38. The third-order valence-electron chi connectivity index (χ3n) is 5.66. The lowest BCUT2D eigenvalue weighted by Crippen LogP contribution is -2.28. The minimum absolute atomic E-state index is 0.516. The molecule has 0 fully saturated rings. The monoisotopic (exact) mass is 484 g/mol. The average Bonchev–Trinajstić information content (AvgIpc) is 3.43. The summed E-state index contributed by atoms with van der Waals surface area (Å²) in [6, 6.07) is 19.9. The van der Waals surface area contributed by atoms with Gasteiger partial charge in [-0.2, -0.15) is 5.21 Å². The van der Waals surface area contributed by atoms with Crippen molar-refractivity contribution in [1.82, 2.24) is 20.6 Å². The lowest BCUT2D eigenvalue weighted by molar-refractivity contribution is 0.231. The molecular weight excluding hydrogens is 452 g/mol. The van der Waals surface area contributed by atoms with Crippen LogP contribution in [0.2, 0.25) is 0 Å². The van der Waals surface area contributed by atoms with Crippen molar-refractivity contribution in [1.29, 1.82) is 0 Å². The lowest BCUT2D eigenvalue weighted by atomic mass is 9.95. The van der Waals surface area contributed by atoms with Crippen molar-refractivity contribution < 1.29 is 9.84 Å². The highest BCUT2D eigenvalue weighted by molar-refractivity contribution is 5.84. The molecule has 0 bridgehead atoms. The number of allylic oxidation sites excluding steroid dienone is 2. The van der Waals surface area contributed by atoms with Crippen LogP contribution in [0, 0.1) is 6.92 Å².